The number of amidine groups is 1. The Kier molecular flexibility index (Phi) is 5.58. The molecule has 2 aromatic rings. The van der Waals surface area contributed by atoms with Gasteiger partial charge in [-0.05, 0) is 17.0 Å². The van der Waals surface area contributed by atoms with Crippen LogP contribution < -0.4 is 10.1 Å². The predicted octanol–water partition coefficient (Wildman–Crippen LogP) is 2.97. The van der Waals surface area contributed by atoms with Crippen molar-refractivity contribution in [1.82, 2.24) is 9.88 Å². The van der Waals surface area contributed by atoms with Crippen LogP contribution in [0.3, 0.4) is 0 Å². The van der Waals surface area contributed by atoms with E-state index in [1.165, 1.54) is 13.3 Å². The molecule has 2 aliphatic rings. The number of amides is 2. The van der Waals surface area contributed by atoms with Crippen LogP contribution in [0.2, 0.25) is 5.15 Å². The minimum absolute atomic E-state index is 0.0682. The molecule has 1 fully saturated rings. The third-order valence-electron chi connectivity index (χ3n) is 5.57. The normalized spacial score (nSPS) is 17.1. The minimum atomic E-state index is -0.858. The molecule has 1 saturated heterocycles. The van der Waals surface area contributed by atoms with Gasteiger partial charge in [0.15, 0.2) is 6.61 Å². The van der Waals surface area contributed by atoms with E-state index in [1.54, 1.807) is 11.0 Å². The first-order chi connectivity index (χ1) is 14.8. The SMILES string of the molecule is COc1cc(Cl)ncc1NC(=O)C1(c2ccccc2C(C)C)CN(C2=NC(=O)CO2)C1. The summed E-state index contributed by atoms with van der Waals surface area (Å²) >= 11 is 5.95. The molecule has 0 radical (unpaired) electrons. The van der Waals surface area contributed by atoms with Crippen LogP contribution in [-0.2, 0) is 19.7 Å². The Morgan fingerprint density at radius 2 is 2.06 bits per heavy atom. The van der Waals surface area contributed by atoms with E-state index in [1.807, 2.05) is 24.3 Å². The molecule has 3 heterocycles. The number of rotatable bonds is 5. The topological polar surface area (TPSA) is 93.1 Å². The fourth-order valence-corrected chi connectivity index (χ4v) is 4.14. The number of nitrogens with one attached hydrogen (secondary N) is 1. The molecule has 0 aliphatic carbocycles. The Morgan fingerprint density at radius 3 is 2.71 bits per heavy atom. The molecule has 2 aliphatic heterocycles. The summed E-state index contributed by atoms with van der Waals surface area (Å²) in [5.41, 5.74) is 1.60. The van der Waals surface area contributed by atoms with Crippen LogP contribution in [0.25, 0.3) is 0 Å². The van der Waals surface area contributed by atoms with Gasteiger partial charge >= 0.3 is 0 Å². The van der Waals surface area contributed by atoms with Crippen molar-refractivity contribution in [2.75, 3.05) is 32.1 Å². The third kappa shape index (κ3) is 3.83. The summed E-state index contributed by atoms with van der Waals surface area (Å²) in [6.07, 6.45) is 1.47. The van der Waals surface area contributed by atoms with Crippen molar-refractivity contribution < 1.29 is 19.1 Å². The standard InChI is InChI=1S/C22H23ClN4O4/c1-13(2)14-6-4-5-7-15(14)22(11-27(12-22)21-26-19(28)10-31-21)20(29)25-16-9-24-18(23)8-17(16)30-3/h4-9,13H,10-12H2,1-3H3,(H,25,29). The highest BCUT2D eigenvalue weighted by atomic mass is 35.5. The Bertz CT molecular complexity index is 1060. The van der Waals surface area contributed by atoms with E-state index in [9.17, 15) is 9.59 Å². The van der Waals surface area contributed by atoms with Gasteiger partial charge in [0.2, 0.25) is 5.91 Å². The molecule has 2 amide bonds. The molecule has 4 rings (SSSR count). The highest BCUT2D eigenvalue weighted by molar-refractivity contribution is 6.29. The molecule has 162 valence electrons. The third-order valence-corrected chi connectivity index (χ3v) is 5.78. The van der Waals surface area contributed by atoms with E-state index in [0.29, 0.717) is 24.5 Å². The maximum atomic E-state index is 13.7. The number of carbonyl (C=O) groups excluding carboxylic acids is 2. The van der Waals surface area contributed by atoms with Crippen molar-refractivity contribution in [3.63, 3.8) is 0 Å². The van der Waals surface area contributed by atoms with Gasteiger partial charge in [0.1, 0.15) is 22.0 Å². The molecular weight excluding hydrogens is 420 g/mol. The van der Waals surface area contributed by atoms with Crippen LogP contribution in [0, 0.1) is 0 Å². The summed E-state index contributed by atoms with van der Waals surface area (Å²) in [5, 5.41) is 3.23. The van der Waals surface area contributed by atoms with E-state index >= 15 is 0 Å². The molecule has 0 bridgehead atoms. The van der Waals surface area contributed by atoms with Crippen molar-refractivity contribution in [1.29, 1.82) is 0 Å². The van der Waals surface area contributed by atoms with E-state index < -0.39 is 5.41 Å². The quantitative estimate of drug-likeness (QED) is 0.715. The van der Waals surface area contributed by atoms with Gasteiger partial charge < -0.3 is 19.7 Å². The lowest BCUT2D eigenvalue weighted by Gasteiger charge is -2.49. The smallest absolute Gasteiger partial charge is 0.295 e. The van der Waals surface area contributed by atoms with E-state index in [0.717, 1.165) is 11.1 Å². The Morgan fingerprint density at radius 1 is 1.32 bits per heavy atom. The van der Waals surface area contributed by atoms with Crippen LogP contribution >= 0.6 is 11.6 Å². The number of nitrogens with zero attached hydrogens (tertiary/aromatic N) is 3. The van der Waals surface area contributed by atoms with Gasteiger partial charge in [-0.25, -0.2) is 4.98 Å². The molecule has 1 aromatic carbocycles. The van der Waals surface area contributed by atoms with Crippen LogP contribution in [0.15, 0.2) is 41.5 Å². The highest BCUT2D eigenvalue weighted by Gasteiger charge is 2.54. The average molecular weight is 443 g/mol. The van der Waals surface area contributed by atoms with Gasteiger partial charge in [0.05, 0.1) is 13.3 Å². The number of likely N-dealkylation sites (tertiary alicyclic amines) is 1. The fourth-order valence-electron chi connectivity index (χ4n) is 3.99. The zero-order chi connectivity index (χ0) is 22.2. The van der Waals surface area contributed by atoms with Crippen molar-refractivity contribution >= 4 is 35.1 Å². The van der Waals surface area contributed by atoms with Crippen LogP contribution in [0.4, 0.5) is 5.69 Å². The molecular formula is C22H23ClN4O4. The summed E-state index contributed by atoms with van der Waals surface area (Å²) in [7, 11) is 1.50. The second-order valence-electron chi connectivity index (χ2n) is 7.92. The molecule has 0 spiro atoms. The molecule has 31 heavy (non-hydrogen) atoms. The number of hydrogen-bond donors (Lipinski definition) is 1. The number of aromatic nitrogens is 1. The molecule has 1 aromatic heterocycles. The van der Waals surface area contributed by atoms with E-state index in [2.05, 4.69) is 29.1 Å². The van der Waals surface area contributed by atoms with E-state index in [4.69, 9.17) is 21.1 Å². The first-order valence-electron chi connectivity index (χ1n) is 9.93. The average Bonchev–Trinajstić information content (AvgIpc) is 3.14. The van der Waals surface area contributed by atoms with Crippen LogP contribution in [-0.4, -0.2) is 54.5 Å². The Labute approximate surface area is 185 Å². The number of carbonyl (C=O) groups is 2. The number of ether oxygens (including phenoxy) is 2. The fraction of sp³-hybridized carbons (Fsp3) is 0.364. The lowest BCUT2D eigenvalue weighted by molar-refractivity contribution is -0.126. The monoisotopic (exact) mass is 442 g/mol. The summed E-state index contributed by atoms with van der Waals surface area (Å²) in [6, 6.07) is 9.72. The van der Waals surface area contributed by atoms with Gasteiger partial charge in [-0.1, -0.05) is 49.7 Å². The van der Waals surface area contributed by atoms with E-state index in [-0.39, 0.29) is 35.5 Å². The lowest BCUT2D eigenvalue weighted by Crippen LogP contribution is -2.66. The maximum absolute atomic E-state index is 13.7. The molecule has 0 unspecified atom stereocenters. The van der Waals surface area contributed by atoms with Gasteiger partial charge in [-0.2, -0.15) is 4.99 Å². The predicted molar refractivity (Wildman–Crippen MR) is 117 cm³/mol. The summed E-state index contributed by atoms with van der Waals surface area (Å²) in [6.45, 7) is 4.78. The molecule has 8 nitrogen and oxygen atoms in total. The molecule has 0 saturated carbocycles. The zero-order valence-electron chi connectivity index (χ0n) is 17.5. The number of anilines is 1. The summed E-state index contributed by atoms with van der Waals surface area (Å²) < 4.78 is 10.7. The second kappa shape index (κ2) is 8.19. The number of methoxy groups -OCH3 is 1. The first kappa shape index (κ1) is 21.1. The molecule has 9 heteroatoms. The van der Waals surface area contributed by atoms with Crippen molar-refractivity contribution in [3.8, 4) is 5.75 Å². The van der Waals surface area contributed by atoms with Crippen molar-refractivity contribution in [2.24, 2.45) is 4.99 Å². The zero-order valence-corrected chi connectivity index (χ0v) is 18.3. The Hall–Kier alpha value is -3.13. The second-order valence-corrected chi connectivity index (χ2v) is 8.31. The number of hydrogen-bond acceptors (Lipinski definition) is 6. The Balaban J connectivity index is 1.70. The van der Waals surface area contributed by atoms with Gasteiger partial charge in [0.25, 0.3) is 11.9 Å². The largest absolute Gasteiger partial charge is 0.494 e. The highest BCUT2D eigenvalue weighted by Crippen LogP contribution is 2.41. The molecule has 1 N–H and O–H groups in total. The number of benzene rings is 1. The number of halogens is 1. The van der Waals surface area contributed by atoms with Crippen LogP contribution in [0.5, 0.6) is 5.75 Å². The summed E-state index contributed by atoms with van der Waals surface area (Å²) in [5.74, 6) is 0.120. The first-order valence-corrected chi connectivity index (χ1v) is 10.3. The minimum Gasteiger partial charge on any atom is -0.494 e. The lowest BCUT2D eigenvalue weighted by atomic mass is 9.70. The number of pyridine rings is 1. The van der Waals surface area contributed by atoms with Gasteiger partial charge in [0, 0.05) is 19.2 Å². The van der Waals surface area contributed by atoms with Gasteiger partial charge in [-0.15, -0.1) is 0 Å². The molecule has 0 atom stereocenters. The van der Waals surface area contributed by atoms with Gasteiger partial charge in [-0.3, -0.25) is 9.59 Å². The van der Waals surface area contributed by atoms with Crippen molar-refractivity contribution in [3.05, 3.63) is 52.8 Å². The number of aliphatic imine (C=N–C) groups is 1. The van der Waals surface area contributed by atoms with Crippen LogP contribution in [0.1, 0.15) is 30.9 Å². The summed E-state index contributed by atoms with van der Waals surface area (Å²) in [4.78, 5) is 34.9. The maximum Gasteiger partial charge on any atom is 0.295 e. The van der Waals surface area contributed by atoms with Crippen molar-refractivity contribution in [2.45, 2.75) is 25.2 Å².